The largest absolute Gasteiger partial charge is 0.486 e. The number of rotatable bonds is 4. The molecule has 0 saturated carbocycles. The Morgan fingerprint density at radius 2 is 1.90 bits per heavy atom. The number of ether oxygens (including phenoxy) is 1. The lowest BCUT2D eigenvalue weighted by atomic mass is 10.1. The molecule has 1 N–H and O–H groups in total. The molecule has 0 spiro atoms. The molecule has 2 rings (SSSR count). The summed E-state index contributed by atoms with van der Waals surface area (Å²) >= 11 is 12.2. The zero-order chi connectivity index (χ0) is 15.2. The van der Waals surface area contributed by atoms with Crippen molar-refractivity contribution in [2.75, 3.05) is 0 Å². The number of halogens is 2. The number of hydrogen-bond donors (Lipinski definition) is 1. The zero-order valence-corrected chi connectivity index (χ0v) is 12.3. The maximum Gasteiger partial charge on any atom is 0.157 e. The molecule has 21 heavy (non-hydrogen) atoms. The van der Waals surface area contributed by atoms with Crippen molar-refractivity contribution in [3.8, 4) is 11.8 Å². The third kappa shape index (κ3) is 3.66. The van der Waals surface area contributed by atoms with E-state index in [0.717, 1.165) is 5.56 Å². The van der Waals surface area contributed by atoms with Crippen LogP contribution in [0.5, 0.6) is 5.75 Å². The van der Waals surface area contributed by atoms with E-state index in [2.05, 4.69) is 11.2 Å². The fraction of sp³-hybridized carbons (Fsp3) is 0.0667. The third-order valence-electron chi connectivity index (χ3n) is 2.74. The van der Waals surface area contributed by atoms with Crippen LogP contribution in [0.3, 0.4) is 0 Å². The Morgan fingerprint density at radius 3 is 2.52 bits per heavy atom. The van der Waals surface area contributed by atoms with E-state index in [1.807, 2.05) is 6.07 Å². The molecule has 0 aliphatic heterocycles. The Hall–Kier alpha value is -2.22. The average molecular weight is 321 g/mol. The molecule has 0 fully saturated rings. The van der Waals surface area contributed by atoms with E-state index in [1.165, 1.54) is 6.21 Å². The number of nitriles is 1. The molecule has 0 heterocycles. The average Bonchev–Trinajstić information content (AvgIpc) is 2.47. The Morgan fingerprint density at radius 1 is 1.24 bits per heavy atom. The monoisotopic (exact) mass is 320 g/mol. The van der Waals surface area contributed by atoms with Gasteiger partial charge in [-0.3, -0.25) is 0 Å². The van der Waals surface area contributed by atoms with Gasteiger partial charge in [-0.05, 0) is 23.8 Å². The second-order valence-corrected chi connectivity index (χ2v) is 4.93. The van der Waals surface area contributed by atoms with Gasteiger partial charge in [-0.1, -0.05) is 46.6 Å². The van der Waals surface area contributed by atoms with Gasteiger partial charge in [0, 0.05) is 5.56 Å². The van der Waals surface area contributed by atoms with Crippen molar-refractivity contribution in [2.24, 2.45) is 5.16 Å². The number of oxime groups is 1. The highest BCUT2D eigenvalue weighted by molar-refractivity contribution is 6.37. The minimum Gasteiger partial charge on any atom is -0.486 e. The van der Waals surface area contributed by atoms with E-state index in [-0.39, 0.29) is 6.61 Å². The molecule has 0 aliphatic carbocycles. The fourth-order valence-electron chi connectivity index (χ4n) is 1.76. The highest BCUT2D eigenvalue weighted by atomic mass is 35.5. The minimum atomic E-state index is 0.177. The summed E-state index contributed by atoms with van der Waals surface area (Å²) in [6, 6.07) is 12.3. The van der Waals surface area contributed by atoms with E-state index < -0.39 is 0 Å². The van der Waals surface area contributed by atoms with Gasteiger partial charge in [-0.2, -0.15) is 5.26 Å². The van der Waals surface area contributed by atoms with Gasteiger partial charge in [-0.15, -0.1) is 0 Å². The van der Waals surface area contributed by atoms with Crippen molar-refractivity contribution in [2.45, 2.75) is 6.61 Å². The van der Waals surface area contributed by atoms with Gasteiger partial charge in [0.05, 0.1) is 27.9 Å². The van der Waals surface area contributed by atoms with Crippen molar-refractivity contribution < 1.29 is 9.94 Å². The van der Waals surface area contributed by atoms with Gasteiger partial charge in [0.15, 0.2) is 5.75 Å². The number of nitrogens with zero attached hydrogens (tertiary/aromatic N) is 2. The highest BCUT2D eigenvalue weighted by Crippen LogP contribution is 2.34. The molecule has 6 heteroatoms. The Kier molecular flexibility index (Phi) is 5.04. The lowest BCUT2D eigenvalue weighted by molar-refractivity contribution is 0.306. The standard InChI is InChI=1S/C15H10Cl2N2O2/c16-13-5-10(8-19-20)6-14(17)15(13)21-9-12-4-2-1-3-11(12)7-18/h1-6,8,20H,9H2/b19-8-. The summed E-state index contributed by atoms with van der Waals surface area (Å²) in [6.07, 6.45) is 1.21. The van der Waals surface area contributed by atoms with Crippen molar-refractivity contribution in [3.05, 3.63) is 63.1 Å². The molecule has 0 unspecified atom stereocenters. The van der Waals surface area contributed by atoms with E-state index >= 15 is 0 Å². The van der Waals surface area contributed by atoms with Crippen LogP contribution >= 0.6 is 23.2 Å². The predicted octanol–water partition coefficient (Wildman–Crippen LogP) is 4.25. The van der Waals surface area contributed by atoms with Crippen LogP contribution in [-0.4, -0.2) is 11.4 Å². The Bertz CT molecular complexity index is 701. The number of hydrogen-bond acceptors (Lipinski definition) is 4. The summed E-state index contributed by atoms with van der Waals surface area (Å²) in [6.45, 7) is 0.177. The first-order valence-electron chi connectivity index (χ1n) is 5.93. The quantitative estimate of drug-likeness (QED) is 0.520. The van der Waals surface area contributed by atoms with Gasteiger partial charge in [0.25, 0.3) is 0 Å². The van der Waals surface area contributed by atoms with Crippen LogP contribution in [0.25, 0.3) is 0 Å². The second-order valence-electron chi connectivity index (χ2n) is 4.12. The van der Waals surface area contributed by atoms with Gasteiger partial charge >= 0.3 is 0 Å². The summed E-state index contributed by atoms with van der Waals surface area (Å²) in [4.78, 5) is 0. The highest BCUT2D eigenvalue weighted by Gasteiger charge is 2.10. The van der Waals surface area contributed by atoms with Crippen molar-refractivity contribution in [1.29, 1.82) is 5.26 Å². The van der Waals surface area contributed by atoms with Crippen LogP contribution in [0.4, 0.5) is 0 Å². The lowest BCUT2D eigenvalue weighted by Gasteiger charge is -2.11. The summed E-state index contributed by atoms with van der Waals surface area (Å²) < 4.78 is 5.61. The predicted molar refractivity (Wildman–Crippen MR) is 81.3 cm³/mol. The molecule has 106 valence electrons. The molecular weight excluding hydrogens is 311 g/mol. The van der Waals surface area contributed by atoms with Crippen molar-refractivity contribution in [1.82, 2.24) is 0 Å². The van der Waals surface area contributed by atoms with E-state index in [0.29, 0.717) is 26.9 Å². The van der Waals surface area contributed by atoms with Crippen LogP contribution in [0, 0.1) is 11.3 Å². The molecule has 0 amide bonds. The van der Waals surface area contributed by atoms with Crippen LogP contribution in [0.1, 0.15) is 16.7 Å². The van der Waals surface area contributed by atoms with Crippen LogP contribution in [-0.2, 0) is 6.61 Å². The Balaban J connectivity index is 2.23. The normalized spacial score (nSPS) is 10.5. The molecule has 2 aromatic rings. The molecule has 0 saturated heterocycles. The van der Waals surface area contributed by atoms with Crippen molar-refractivity contribution >= 4 is 29.4 Å². The van der Waals surface area contributed by atoms with Crippen LogP contribution in [0.15, 0.2) is 41.6 Å². The van der Waals surface area contributed by atoms with E-state index in [1.54, 1.807) is 30.3 Å². The molecule has 0 atom stereocenters. The van der Waals surface area contributed by atoms with Crippen LogP contribution in [0.2, 0.25) is 10.0 Å². The smallest absolute Gasteiger partial charge is 0.157 e. The van der Waals surface area contributed by atoms with Gasteiger partial charge in [0.1, 0.15) is 6.61 Å². The minimum absolute atomic E-state index is 0.177. The second kappa shape index (κ2) is 6.98. The van der Waals surface area contributed by atoms with Crippen LogP contribution < -0.4 is 4.74 Å². The molecule has 4 nitrogen and oxygen atoms in total. The first-order chi connectivity index (χ1) is 10.2. The van der Waals surface area contributed by atoms with Gasteiger partial charge in [0.2, 0.25) is 0 Å². The first kappa shape index (κ1) is 15.2. The lowest BCUT2D eigenvalue weighted by Crippen LogP contribution is -1.99. The third-order valence-corrected chi connectivity index (χ3v) is 3.30. The number of benzene rings is 2. The topological polar surface area (TPSA) is 65.6 Å². The van der Waals surface area contributed by atoms with E-state index in [9.17, 15) is 0 Å². The zero-order valence-electron chi connectivity index (χ0n) is 10.8. The summed E-state index contributed by atoms with van der Waals surface area (Å²) in [5.74, 6) is 0.321. The molecule has 0 aromatic heterocycles. The Labute approximate surface area is 131 Å². The first-order valence-corrected chi connectivity index (χ1v) is 6.68. The maximum absolute atomic E-state index is 9.02. The molecule has 0 bridgehead atoms. The molecule has 2 aromatic carbocycles. The fourth-order valence-corrected chi connectivity index (χ4v) is 2.38. The summed E-state index contributed by atoms with van der Waals surface area (Å²) in [5.41, 5.74) is 1.83. The molecule has 0 radical (unpaired) electrons. The van der Waals surface area contributed by atoms with Gasteiger partial charge < -0.3 is 9.94 Å². The van der Waals surface area contributed by atoms with E-state index in [4.69, 9.17) is 38.4 Å². The molecular formula is C15H10Cl2N2O2. The summed E-state index contributed by atoms with van der Waals surface area (Å²) in [5, 5.41) is 21.0. The summed E-state index contributed by atoms with van der Waals surface area (Å²) in [7, 11) is 0. The maximum atomic E-state index is 9.02. The van der Waals surface area contributed by atoms with Gasteiger partial charge in [-0.25, -0.2) is 0 Å². The SMILES string of the molecule is N#Cc1ccccc1COc1c(Cl)cc(/C=N\O)cc1Cl. The molecule has 0 aliphatic rings. The van der Waals surface area contributed by atoms with Crippen molar-refractivity contribution in [3.63, 3.8) is 0 Å².